The first-order valence-electron chi connectivity index (χ1n) is 6.11. The van der Waals surface area contributed by atoms with E-state index in [0.717, 1.165) is 22.8 Å². The van der Waals surface area contributed by atoms with Gasteiger partial charge in [-0.1, -0.05) is 11.6 Å². The first-order chi connectivity index (χ1) is 8.69. The third kappa shape index (κ3) is 3.37. The van der Waals surface area contributed by atoms with Crippen molar-refractivity contribution >= 4 is 17.5 Å². The molecule has 1 amide bonds. The molecule has 1 heterocycles. The molecule has 0 aliphatic carbocycles. The average Bonchev–Trinajstić information content (AvgIpc) is 2.71. The molecule has 0 bridgehead atoms. The van der Waals surface area contributed by atoms with Crippen LogP contribution in [0.4, 0.5) is 0 Å². The molecule has 1 aliphatic heterocycles. The van der Waals surface area contributed by atoms with Crippen LogP contribution in [0, 0.1) is 0 Å². The highest BCUT2D eigenvalue weighted by molar-refractivity contribution is 6.30. The Morgan fingerprint density at radius 2 is 2.39 bits per heavy atom. The summed E-state index contributed by atoms with van der Waals surface area (Å²) < 4.78 is 5.75. The van der Waals surface area contributed by atoms with Crippen LogP contribution in [0.2, 0.25) is 5.02 Å². The lowest BCUT2D eigenvalue weighted by Crippen LogP contribution is -2.38. The van der Waals surface area contributed by atoms with Gasteiger partial charge in [0, 0.05) is 24.5 Å². The van der Waals surface area contributed by atoms with Crippen molar-refractivity contribution in [3.63, 3.8) is 0 Å². The van der Waals surface area contributed by atoms with Crippen molar-refractivity contribution in [2.24, 2.45) is 0 Å². The predicted octanol–water partition coefficient (Wildman–Crippen LogP) is 1.37. The summed E-state index contributed by atoms with van der Waals surface area (Å²) in [5, 5.41) is 6.56. The molecule has 0 saturated carbocycles. The van der Waals surface area contributed by atoms with Crippen molar-refractivity contribution in [3.05, 3.63) is 28.8 Å². The van der Waals surface area contributed by atoms with E-state index in [2.05, 4.69) is 10.6 Å². The van der Waals surface area contributed by atoms with Gasteiger partial charge in [-0.05, 0) is 30.7 Å². The molecule has 1 aromatic rings. The summed E-state index contributed by atoms with van der Waals surface area (Å²) in [5.41, 5.74) is 1.13. The van der Waals surface area contributed by atoms with Crippen molar-refractivity contribution in [2.75, 3.05) is 19.6 Å². The highest BCUT2D eigenvalue weighted by Crippen LogP contribution is 2.30. The molecule has 18 heavy (non-hydrogen) atoms. The standard InChI is InChI=1S/C13H17ClN2O2/c1-2-16-13(17)8-15-7-11-6-9-5-10(14)3-4-12(9)18-11/h3-5,11,15H,2,6-8H2,1H3,(H,16,17). The Morgan fingerprint density at radius 1 is 1.56 bits per heavy atom. The third-order valence-corrected chi connectivity index (χ3v) is 3.03. The summed E-state index contributed by atoms with van der Waals surface area (Å²) >= 11 is 5.93. The molecular weight excluding hydrogens is 252 g/mol. The number of benzene rings is 1. The zero-order valence-electron chi connectivity index (χ0n) is 10.3. The van der Waals surface area contributed by atoms with Gasteiger partial charge in [-0.15, -0.1) is 0 Å². The zero-order valence-corrected chi connectivity index (χ0v) is 11.1. The number of rotatable bonds is 5. The maximum absolute atomic E-state index is 11.2. The quantitative estimate of drug-likeness (QED) is 0.848. The number of amides is 1. The van der Waals surface area contributed by atoms with Gasteiger partial charge in [0.1, 0.15) is 11.9 Å². The second kappa shape index (κ2) is 6.07. The molecule has 0 radical (unpaired) electrons. The largest absolute Gasteiger partial charge is 0.488 e. The number of hydrogen-bond donors (Lipinski definition) is 2. The minimum Gasteiger partial charge on any atom is -0.488 e. The molecule has 2 rings (SSSR count). The molecule has 1 aromatic carbocycles. The fourth-order valence-corrected chi connectivity index (χ4v) is 2.20. The van der Waals surface area contributed by atoms with Crippen LogP contribution < -0.4 is 15.4 Å². The van der Waals surface area contributed by atoms with Crippen LogP contribution in [-0.4, -0.2) is 31.6 Å². The Bertz CT molecular complexity index is 437. The second-order valence-electron chi connectivity index (χ2n) is 4.28. The second-order valence-corrected chi connectivity index (χ2v) is 4.72. The van der Waals surface area contributed by atoms with Crippen LogP contribution in [-0.2, 0) is 11.2 Å². The molecule has 1 aliphatic rings. The molecule has 4 nitrogen and oxygen atoms in total. The lowest BCUT2D eigenvalue weighted by Gasteiger charge is -2.11. The van der Waals surface area contributed by atoms with E-state index in [1.54, 1.807) is 0 Å². The van der Waals surface area contributed by atoms with Crippen LogP contribution in [0.5, 0.6) is 5.75 Å². The highest BCUT2D eigenvalue weighted by atomic mass is 35.5. The van der Waals surface area contributed by atoms with Crippen molar-refractivity contribution in [1.82, 2.24) is 10.6 Å². The molecular formula is C13H17ClN2O2. The summed E-state index contributed by atoms with van der Waals surface area (Å²) in [6, 6.07) is 5.65. The lowest BCUT2D eigenvalue weighted by molar-refractivity contribution is -0.120. The van der Waals surface area contributed by atoms with Crippen molar-refractivity contribution in [3.8, 4) is 5.75 Å². The highest BCUT2D eigenvalue weighted by Gasteiger charge is 2.22. The van der Waals surface area contributed by atoms with Crippen molar-refractivity contribution in [2.45, 2.75) is 19.4 Å². The Morgan fingerprint density at radius 3 is 3.17 bits per heavy atom. The minimum absolute atomic E-state index is 0.0102. The number of fused-ring (bicyclic) bond motifs is 1. The summed E-state index contributed by atoms with van der Waals surface area (Å²) in [4.78, 5) is 11.2. The van der Waals surface area contributed by atoms with E-state index in [4.69, 9.17) is 16.3 Å². The average molecular weight is 269 g/mol. The maximum Gasteiger partial charge on any atom is 0.233 e. The van der Waals surface area contributed by atoms with Gasteiger partial charge >= 0.3 is 0 Å². The van der Waals surface area contributed by atoms with Gasteiger partial charge < -0.3 is 15.4 Å². The predicted molar refractivity (Wildman–Crippen MR) is 71.1 cm³/mol. The molecule has 1 unspecified atom stereocenters. The number of likely N-dealkylation sites (N-methyl/N-ethyl adjacent to an activating group) is 1. The van der Waals surface area contributed by atoms with E-state index in [-0.39, 0.29) is 12.0 Å². The Labute approximate surface area is 112 Å². The van der Waals surface area contributed by atoms with Gasteiger partial charge in [-0.3, -0.25) is 4.79 Å². The van der Waals surface area contributed by atoms with Gasteiger partial charge in [0.15, 0.2) is 0 Å². The topological polar surface area (TPSA) is 50.4 Å². The first-order valence-corrected chi connectivity index (χ1v) is 6.49. The fourth-order valence-electron chi connectivity index (χ4n) is 2.01. The number of hydrogen-bond acceptors (Lipinski definition) is 3. The lowest BCUT2D eigenvalue weighted by atomic mass is 10.1. The molecule has 0 fully saturated rings. The Kier molecular flexibility index (Phi) is 4.44. The van der Waals surface area contributed by atoms with Gasteiger partial charge in [0.25, 0.3) is 0 Å². The number of halogens is 1. The maximum atomic E-state index is 11.2. The van der Waals surface area contributed by atoms with Gasteiger partial charge in [0.2, 0.25) is 5.91 Å². The number of ether oxygens (including phenoxy) is 1. The van der Waals surface area contributed by atoms with Crippen LogP contribution in [0.3, 0.4) is 0 Å². The third-order valence-electron chi connectivity index (χ3n) is 2.80. The molecule has 1 atom stereocenters. The molecule has 0 spiro atoms. The van der Waals surface area contributed by atoms with E-state index >= 15 is 0 Å². The summed E-state index contributed by atoms with van der Waals surface area (Å²) in [6.07, 6.45) is 0.908. The molecule has 98 valence electrons. The van der Waals surface area contributed by atoms with E-state index < -0.39 is 0 Å². The zero-order chi connectivity index (χ0) is 13.0. The van der Waals surface area contributed by atoms with Gasteiger partial charge in [-0.2, -0.15) is 0 Å². The number of nitrogens with one attached hydrogen (secondary N) is 2. The van der Waals surface area contributed by atoms with Crippen LogP contribution >= 0.6 is 11.6 Å². The monoisotopic (exact) mass is 268 g/mol. The Balaban J connectivity index is 1.76. The smallest absolute Gasteiger partial charge is 0.233 e. The van der Waals surface area contributed by atoms with Crippen molar-refractivity contribution in [1.29, 1.82) is 0 Å². The van der Waals surface area contributed by atoms with Crippen LogP contribution in [0.1, 0.15) is 12.5 Å². The SMILES string of the molecule is CCNC(=O)CNCC1Cc2cc(Cl)ccc2O1. The summed E-state index contributed by atoms with van der Waals surface area (Å²) in [5.74, 6) is 0.903. The fraction of sp³-hybridized carbons (Fsp3) is 0.462. The summed E-state index contributed by atoms with van der Waals surface area (Å²) in [7, 11) is 0. The van der Waals surface area contributed by atoms with E-state index in [1.165, 1.54) is 0 Å². The minimum atomic E-state index is 0.0102. The van der Waals surface area contributed by atoms with Gasteiger partial charge in [0.05, 0.1) is 6.54 Å². The van der Waals surface area contributed by atoms with Crippen molar-refractivity contribution < 1.29 is 9.53 Å². The van der Waals surface area contributed by atoms with Crippen LogP contribution in [0.25, 0.3) is 0 Å². The van der Waals surface area contributed by atoms with Crippen LogP contribution in [0.15, 0.2) is 18.2 Å². The molecule has 2 N–H and O–H groups in total. The number of carbonyl (C=O) groups is 1. The van der Waals surface area contributed by atoms with E-state index in [1.807, 2.05) is 25.1 Å². The molecule has 0 aromatic heterocycles. The Hall–Kier alpha value is -1.26. The molecule has 5 heteroatoms. The van der Waals surface area contributed by atoms with E-state index in [0.29, 0.717) is 19.6 Å². The first kappa shape index (κ1) is 13.2. The molecule has 0 saturated heterocycles. The normalized spacial score (nSPS) is 17.1. The summed E-state index contributed by atoms with van der Waals surface area (Å²) in [6.45, 7) is 3.54. The van der Waals surface area contributed by atoms with E-state index in [9.17, 15) is 4.79 Å². The van der Waals surface area contributed by atoms with Gasteiger partial charge in [-0.25, -0.2) is 0 Å². The number of carbonyl (C=O) groups excluding carboxylic acids is 1.